The monoisotopic (exact) mass is 523 g/mol. The lowest BCUT2D eigenvalue weighted by Crippen LogP contribution is -2.21. The fourth-order valence-electron chi connectivity index (χ4n) is 4.21. The van der Waals surface area contributed by atoms with E-state index in [-0.39, 0.29) is 33.3 Å². The van der Waals surface area contributed by atoms with Gasteiger partial charge in [0.2, 0.25) is 0 Å². The topological polar surface area (TPSA) is 103 Å². The van der Waals surface area contributed by atoms with Gasteiger partial charge in [-0.2, -0.15) is 28.1 Å². The summed E-state index contributed by atoms with van der Waals surface area (Å²) in [6, 6.07) is 11.7. The minimum atomic E-state index is -4.80. The van der Waals surface area contributed by atoms with Crippen LogP contribution in [-0.2, 0) is 10.9 Å². The Labute approximate surface area is 211 Å². The molecule has 0 bridgehead atoms. The van der Waals surface area contributed by atoms with Gasteiger partial charge in [-0.05, 0) is 48.9 Å². The highest BCUT2D eigenvalue weighted by atomic mass is 19.4. The summed E-state index contributed by atoms with van der Waals surface area (Å²) in [4.78, 5) is 29.5. The summed E-state index contributed by atoms with van der Waals surface area (Å²) in [6.45, 7) is 1.39. The highest BCUT2D eigenvalue weighted by Gasteiger charge is 2.37. The van der Waals surface area contributed by atoms with Crippen molar-refractivity contribution in [2.24, 2.45) is 0 Å². The van der Waals surface area contributed by atoms with Gasteiger partial charge in [0.15, 0.2) is 5.82 Å². The standard InChI is InChI=1S/C26H17F4N5O3/c1-13-4-3-5-18(26(28,29)30)21(13)24(36)35-20-11-14(23-31-12-32-33-23)6-9-17(20)22(34-35)16-8-7-15(10-19(16)27)25(37)38-2/h3-12H,1-2H3,(H,31,32,33). The van der Waals surface area contributed by atoms with E-state index >= 15 is 4.39 Å². The number of benzene rings is 3. The van der Waals surface area contributed by atoms with Crippen LogP contribution in [0.4, 0.5) is 17.6 Å². The lowest BCUT2D eigenvalue weighted by molar-refractivity contribution is -0.138. The molecule has 0 spiro atoms. The molecule has 0 aliphatic rings. The Morgan fingerprint density at radius 2 is 1.84 bits per heavy atom. The summed E-state index contributed by atoms with van der Waals surface area (Å²) >= 11 is 0. The molecule has 192 valence electrons. The molecule has 0 aliphatic carbocycles. The Bertz CT molecular complexity index is 1710. The van der Waals surface area contributed by atoms with Gasteiger partial charge >= 0.3 is 12.1 Å². The van der Waals surface area contributed by atoms with Gasteiger partial charge in [0.25, 0.3) is 5.91 Å². The summed E-state index contributed by atoms with van der Waals surface area (Å²) < 4.78 is 62.1. The summed E-state index contributed by atoms with van der Waals surface area (Å²) in [5, 5.41) is 11.0. The predicted octanol–water partition coefficient (Wildman–Crippen LogP) is 5.43. The molecule has 0 saturated heterocycles. The third kappa shape index (κ3) is 4.19. The number of halogens is 4. The van der Waals surface area contributed by atoms with Crippen LogP contribution in [0.25, 0.3) is 33.5 Å². The van der Waals surface area contributed by atoms with Crippen LogP contribution >= 0.6 is 0 Å². The minimum absolute atomic E-state index is 0.00599. The number of H-pyrrole nitrogens is 1. The van der Waals surface area contributed by atoms with Crippen LogP contribution in [0.3, 0.4) is 0 Å². The molecule has 0 unspecified atom stereocenters. The summed E-state index contributed by atoms with van der Waals surface area (Å²) in [5.41, 5.74) is -1.14. The molecule has 2 heterocycles. The lowest BCUT2D eigenvalue weighted by Gasteiger charge is -2.14. The zero-order chi connectivity index (χ0) is 27.2. The van der Waals surface area contributed by atoms with E-state index in [1.807, 2.05) is 0 Å². The first-order valence-electron chi connectivity index (χ1n) is 11.1. The van der Waals surface area contributed by atoms with Crippen molar-refractivity contribution in [3.8, 4) is 22.6 Å². The minimum Gasteiger partial charge on any atom is -0.465 e. The number of aromatic amines is 1. The average molecular weight is 523 g/mol. The van der Waals surface area contributed by atoms with Crippen LogP contribution in [0.15, 0.2) is 60.9 Å². The number of methoxy groups -OCH3 is 1. The van der Waals surface area contributed by atoms with E-state index in [1.165, 1.54) is 43.6 Å². The Hall–Kier alpha value is -4.87. The fraction of sp³-hybridized carbons (Fsp3) is 0.115. The third-order valence-corrected chi connectivity index (χ3v) is 6.00. The van der Waals surface area contributed by atoms with E-state index in [0.717, 1.165) is 23.9 Å². The maximum atomic E-state index is 15.2. The molecule has 0 atom stereocenters. The van der Waals surface area contributed by atoms with Crippen LogP contribution in [0.1, 0.15) is 31.8 Å². The smallest absolute Gasteiger partial charge is 0.417 e. The van der Waals surface area contributed by atoms with Gasteiger partial charge in [-0.1, -0.05) is 18.2 Å². The van der Waals surface area contributed by atoms with Crippen molar-refractivity contribution in [2.45, 2.75) is 13.1 Å². The van der Waals surface area contributed by atoms with Crippen molar-refractivity contribution in [1.82, 2.24) is 25.0 Å². The van der Waals surface area contributed by atoms with Crippen molar-refractivity contribution in [3.63, 3.8) is 0 Å². The van der Waals surface area contributed by atoms with E-state index in [4.69, 9.17) is 0 Å². The number of alkyl halides is 3. The van der Waals surface area contributed by atoms with Gasteiger partial charge in [0, 0.05) is 16.5 Å². The zero-order valence-corrected chi connectivity index (χ0v) is 19.8. The molecular weight excluding hydrogens is 506 g/mol. The molecule has 0 radical (unpaired) electrons. The molecule has 2 aromatic heterocycles. The largest absolute Gasteiger partial charge is 0.465 e. The highest BCUT2D eigenvalue weighted by Crippen LogP contribution is 2.36. The van der Waals surface area contributed by atoms with Crippen molar-refractivity contribution < 1.29 is 31.9 Å². The number of nitrogens with one attached hydrogen (secondary N) is 1. The zero-order valence-electron chi connectivity index (χ0n) is 19.8. The number of fused-ring (bicyclic) bond motifs is 1. The Morgan fingerprint density at radius 1 is 1.05 bits per heavy atom. The molecule has 0 fully saturated rings. The highest BCUT2D eigenvalue weighted by molar-refractivity contribution is 6.07. The molecule has 5 rings (SSSR count). The molecule has 12 heteroatoms. The maximum Gasteiger partial charge on any atom is 0.417 e. The number of hydrogen-bond donors (Lipinski definition) is 1. The Kier molecular flexibility index (Phi) is 6.02. The van der Waals surface area contributed by atoms with E-state index < -0.39 is 35.0 Å². The van der Waals surface area contributed by atoms with E-state index in [9.17, 15) is 22.8 Å². The van der Waals surface area contributed by atoms with E-state index in [1.54, 1.807) is 12.1 Å². The molecule has 8 nitrogen and oxygen atoms in total. The van der Waals surface area contributed by atoms with Gasteiger partial charge in [-0.3, -0.25) is 9.89 Å². The van der Waals surface area contributed by atoms with Crippen LogP contribution in [0, 0.1) is 12.7 Å². The molecular formula is C26H17F4N5O3. The molecule has 1 N–H and O–H groups in total. The number of rotatable bonds is 4. The number of nitrogens with zero attached hydrogens (tertiary/aromatic N) is 4. The number of hydrogen-bond acceptors (Lipinski definition) is 6. The fourth-order valence-corrected chi connectivity index (χ4v) is 4.21. The third-order valence-electron chi connectivity index (χ3n) is 6.00. The van der Waals surface area contributed by atoms with E-state index in [2.05, 4.69) is 25.0 Å². The average Bonchev–Trinajstić information content (AvgIpc) is 3.55. The SMILES string of the molecule is COC(=O)c1ccc(-c2nn(C(=O)c3c(C)cccc3C(F)(F)F)c3cc(-c4ncn[nH]4)ccc23)c(F)c1. The Morgan fingerprint density at radius 3 is 2.50 bits per heavy atom. The quantitative estimate of drug-likeness (QED) is 0.249. The van der Waals surface area contributed by atoms with Gasteiger partial charge in [-0.25, -0.2) is 14.2 Å². The first-order chi connectivity index (χ1) is 18.1. The predicted molar refractivity (Wildman–Crippen MR) is 128 cm³/mol. The number of aromatic nitrogens is 5. The van der Waals surface area contributed by atoms with Crippen molar-refractivity contribution in [2.75, 3.05) is 7.11 Å². The van der Waals surface area contributed by atoms with Crippen molar-refractivity contribution in [1.29, 1.82) is 0 Å². The second kappa shape index (κ2) is 9.21. The van der Waals surface area contributed by atoms with Gasteiger partial charge in [-0.15, -0.1) is 0 Å². The molecule has 5 aromatic rings. The summed E-state index contributed by atoms with van der Waals surface area (Å²) in [5.74, 6) is -2.29. The normalized spacial score (nSPS) is 11.6. The molecule has 38 heavy (non-hydrogen) atoms. The second-order valence-corrected chi connectivity index (χ2v) is 8.31. The van der Waals surface area contributed by atoms with Crippen molar-refractivity contribution >= 4 is 22.8 Å². The number of carbonyl (C=O) groups is 2. The van der Waals surface area contributed by atoms with Gasteiger partial charge in [0.1, 0.15) is 17.8 Å². The van der Waals surface area contributed by atoms with Gasteiger partial charge < -0.3 is 4.74 Å². The first kappa shape index (κ1) is 24.8. The first-order valence-corrected chi connectivity index (χ1v) is 11.1. The van der Waals surface area contributed by atoms with Gasteiger partial charge in [0.05, 0.1) is 29.3 Å². The Balaban J connectivity index is 1.76. The van der Waals surface area contributed by atoms with Crippen molar-refractivity contribution in [3.05, 3.63) is 89.0 Å². The molecule has 3 aromatic carbocycles. The maximum absolute atomic E-state index is 15.2. The second-order valence-electron chi connectivity index (χ2n) is 8.31. The number of carbonyl (C=O) groups excluding carboxylic acids is 2. The molecule has 0 aliphatic heterocycles. The number of aryl methyl sites for hydroxylation is 1. The number of esters is 1. The summed E-state index contributed by atoms with van der Waals surface area (Å²) in [6.07, 6.45) is -3.53. The van der Waals surface area contributed by atoms with Crippen LogP contribution < -0.4 is 0 Å². The molecule has 0 saturated carbocycles. The lowest BCUT2D eigenvalue weighted by atomic mass is 10.0. The molecule has 0 amide bonds. The van der Waals surface area contributed by atoms with Crippen LogP contribution in [0.5, 0.6) is 0 Å². The number of ether oxygens (including phenoxy) is 1. The van der Waals surface area contributed by atoms with E-state index in [0.29, 0.717) is 11.4 Å². The van der Waals surface area contributed by atoms with Crippen LogP contribution in [0.2, 0.25) is 0 Å². The summed E-state index contributed by atoms with van der Waals surface area (Å²) in [7, 11) is 1.15. The van der Waals surface area contributed by atoms with Crippen LogP contribution in [-0.4, -0.2) is 43.9 Å².